The molecule has 1 saturated carbocycles. The van der Waals surface area contributed by atoms with Gasteiger partial charge < -0.3 is 0 Å². The van der Waals surface area contributed by atoms with Gasteiger partial charge in [-0.05, 0) is 32.6 Å². The summed E-state index contributed by atoms with van der Waals surface area (Å²) in [6.07, 6.45) is 3.66. The minimum absolute atomic E-state index is 0.614. The summed E-state index contributed by atoms with van der Waals surface area (Å²) in [7, 11) is 0. The predicted molar refractivity (Wildman–Crippen MR) is 52.9 cm³/mol. The minimum atomic E-state index is 0.614. The van der Waals surface area contributed by atoms with Crippen molar-refractivity contribution in [3.63, 3.8) is 0 Å². The fourth-order valence-corrected chi connectivity index (χ4v) is 1.55. The number of hydrogen-bond donors (Lipinski definition) is 0. The molecule has 1 heterocycles. The fourth-order valence-electron chi connectivity index (χ4n) is 1.32. The molecule has 70 valence electrons. The van der Waals surface area contributed by atoms with E-state index in [2.05, 4.69) is 9.97 Å². The van der Waals surface area contributed by atoms with Gasteiger partial charge in [-0.1, -0.05) is 11.6 Å². The molecular weight excluding hydrogens is 184 g/mol. The molecule has 0 aromatic carbocycles. The Labute approximate surface area is 83.4 Å². The van der Waals surface area contributed by atoms with Gasteiger partial charge in [-0.25, -0.2) is 9.97 Å². The van der Waals surface area contributed by atoms with Crippen molar-refractivity contribution in [1.82, 2.24) is 9.97 Å². The Morgan fingerprint density at radius 3 is 2.54 bits per heavy atom. The summed E-state index contributed by atoms with van der Waals surface area (Å²) >= 11 is 5.97. The van der Waals surface area contributed by atoms with E-state index in [1.807, 2.05) is 13.8 Å². The Hall–Kier alpha value is -0.630. The third-order valence-corrected chi connectivity index (χ3v) is 2.91. The van der Waals surface area contributed by atoms with Gasteiger partial charge in [0, 0.05) is 17.7 Å². The quantitative estimate of drug-likeness (QED) is 0.680. The summed E-state index contributed by atoms with van der Waals surface area (Å²) in [5.41, 5.74) is 2.01. The Bertz CT molecular complexity index is 309. The third kappa shape index (κ3) is 1.99. The molecule has 0 spiro atoms. The van der Waals surface area contributed by atoms with Gasteiger partial charge in [-0.2, -0.15) is 0 Å². The smallest absolute Gasteiger partial charge is 0.135 e. The number of aromatic nitrogens is 2. The maximum Gasteiger partial charge on any atom is 0.135 e. The van der Waals surface area contributed by atoms with Gasteiger partial charge in [0.15, 0.2) is 0 Å². The van der Waals surface area contributed by atoms with E-state index < -0.39 is 0 Å². The van der Waals surface area contributed by atoms with Gasteiger partial charge in [-0.15, -0.1) is 0 Å². The van der Waals surface area contributed by atoms with Gasteiger partial charge in [0.25, 0.3) is 0 Å². The lowest BCUT2D eigenvalue weighted by atomic mass is 10.2. The minimum Gasteiger partial charge on any atom is -0.238 e. The van der Waals surface area contributed by atoms with E-state index in [4.69, 9.17) is 11.6 Å². The highest BCUT2D eigenvalue weighted by Gasteiger charge is 2.23. The van der Waals surface area contributed by atoms with Gasteiger partial charge in [0.1, 0.15) is 11.0 Å². The average Bonchev–Trinajstić information content (AvgIpc) is 2.84. The largest absolute Gasteiger partial charge is 0.238 e. The van der Waals surface area contributed by atoms with Crippen molar-refractivity contribution in [2.75, 3.05) is 0 Å². The topological polar surface area (TPSA) is 25.8 Å². The van der Waals surface area contributed by atoms with Crippen molar-refractivity contribution in [2.24, 2.45) is 5.92 Å². The maximum absolute atomic E-state index is 5.97. The Balaban J connectivity index is 2.25. The molecule has 3 heteroatoms. The molecule has 1 fully saturated rings. The monoisotopic (exact) mass is 196 g/mol. The molecule has 13 heavy (non-hydrogen) atoms. The van der Waals surface area contributed by atoms with Crippen LogP contribution in [0.4, 0.5) is 0 Å². The molecule has 0 bridgehead atoms. The summed E-state index contributed by atoms with van der Waals surface area (Å²) < 4.78 is 0. The van der Waals surface area contributed by atoms with Crippen molar-refractivity contribution in [3.8, 4) is 0 Å². The molecule has 1 aliphatic rings. The Morgan fingerprint density at radius 1 is 1.31 bits per heavy atom. The van der Waals surface area contributed by atoms with Gasteiger partial charge in [0.05, 0.1) is 0 Å². The first-order chi connectivity index (χ1) is 6.16. The van der Waals surface area contributed by atoms with Crippen molar-refractivity contribution in [2.45, 2.75) is 33.1 Å². The van der Waals surface area contributed by atoms with E-state index in [1.165, 1.54) is 12.8 Å². The third-order valence-electron chi connectivity index (χ3n) is 2.54. The van der Waals surface area contributed by atoms with Crippen LogP contribution >= 0.6 is 11.6 Å². The molecule has 0 N–H and O–H groups in total. The van der Waals surface area contributed by atoms with Crippen molar-refractivity contribution < 1.29 is 0 Å². The molecule has 1 aliphatic carbocycles. The lowest BCUT2D eigenvalue weighted by Gasteiger charge is -2.04. The van der Waals surface area contributed by atoms with Crippen LogP contribution in [0.5, 0.6) is 0 Å². The Kier molecular flexibility index (Phi) is 2.24. The molecule has 0 atom stereocenters. The van der Waals surface area contributed by atoms with Gasteiger partial charge in [-0.3, -0.25) is 0 Å². The molecule has 1 aromatic rings. The van der Waals surface area contributed by atoms with Crippen LogP contribution < -0.4 is 0 Å². The van der Waals surface area contributed by atoms with E-state index in [-0.39, 0.29) is 0 Å². The first kappa shape index (κ1) is 8.95. The fraction of sp³-hybridized carbons (Fsp3) is 0.600. The van der Waals surface area contributed by atoms with Crippen molar-refractivity contribution >= 4 is 11.6 Å². The van der Waals surface area contributed by atoms with Crippen LogP contribution in [0, 0.1) is 19.8 Å². The molecule has 0 radical (unpaired) electrons. The molecular formula is C10H13ClN2. The van der Waals surface area contributed by atoms with Gasteiger partial charge >= 0.3 is 0 Å². The van der Waals surface area contributed by atoms with Crippen molar-refractivity contribution in [1.29, 1.82) is 0 Å². The first-order valence-corrected chi connectivity index (χ1v) is 5.04. The zero-order valence-corrected chi connectivity index (χ0v) is 8.73. The van der Waals surface area contributed by atoms with Gasteiger partial charge in [0.2, 0.25) is 0 Å². The van der Waals surface area contributed by atoms with E-state index in [9.17, 15) is 0 Å². The second kappa shape index (κ2) is 3.26. The normalized spacial score (nSPS) is 16.2. The summed E-state index contributed by atoms with van der Waals surface area (Å²) in [6, 6.07) is 0. The number of hydrogen-bond acceptors (Lipinski definition) is 2. The highest BCUT2D eigenvalue weighted by Crippen LogP contribution is 2.32. The number of aryl methyl sites for hydroxylation is 1. The Morgan fingerprint density at radius 2 is 2.00 bits per heavy atom. The summed E-state index contributed by atoms with van der Waals surface area (Å²) in [6.45, 7) is 3.94. The van der Waals surface area contributed by atoms with Crippen LogP contribution in [-0.4, -0.2) is 9.97 Å². The highest BCUT2D eigenvalue weighted by molar-refractivity contribution is 6.30. The summed E-state index contributed by atoms with van der Waals surface area (Å²) in [5, 5.41) is 0.614. The van der Waals surface area contributed by atoms with E-state index in [0.29, 0.717) is 5.15 Å². The summed E-state index contributed by atoms with van der Waals surface area (Å²) in [4.78, 5) is 8.69. The SMILES string of the molecule is Cc1nc(CC2CC2)nc(Cl)c1C. The first-order valence-electron chi connectivity index (χ1n) is 4.66. The molecule has 1 aromatic heterocycles. The maximum atomic E-state index is 5.97. The molecule has 0 unspecified atom stereocenters. The van der Waals surface area contributed by atoms with Crippen LogP contribution in [0.15, 0.2) is 0 Å². The molecule has 0 amide bonds. The number of rotatable bonds is 2. The van der Waals surface area contributed by atoms with Crippen molar-refractivity contribution in [3.05, 3.63) is 22.2 Å². The standard InChI is InChI=1S/C10H13ClN2/c1-6-7(2)12-9(13-10(6)11)5-8-3-4-8/h8H,3-5H2,1-2H3. The van der Waals surface area contributed by atoms with Crippen LogP contribution in [0.3, 0.4) is 0 Å². The van der Waals surface area contributed by atoms with E-state index in [0.717, 1.165) is 29.4 Å². The van der Waals surface area contributed by atoms with E-state index >= 15 is 0 Å². The van der Waals surface area contributed by atoms with Crippen LogP contribution in [-0.2, 0) is 6.42 Å². The second-order valence-corrected chi connectivity index (χ2v) is 4.15. The van der Waals surface area contributed by atoms with Crippen LogP contribution in [0.2, 0.25) is 5.15 Å². The molecule has 0 saturated heterocycles. The van der Waals surface area contributed by atoms with E-state index in [1.54, 1.807) is 0 Å². The molecule has 2 nitrogen and oxygen atoms in total. The lowest BCUT2D eigenvalue weighted by molar-refractivity contribution is 0.760. The molecule has 0 aliphatic heterocycles. The zero-order valence-electron chi connectivity index (χ0n) is 7.97. The molecule has 2 rings (SSSR count). The number of nitrogens with zero attached hydrogens (tertiary/aromatic N) is 2. The summed E-state index contributed by atoms with van der Waals surface area (Å²) in [5.74, 6) is 1.73. The van der Waals surface area contributed by atoms with Crippen LogP contribution in [0.1, 0.15) is 29.9 Å². The average molecular weight is 197 g/mol. The zero-order chi connectivity index (χ0) is 9.42. The lowest BCUT2D eigenvalue weighted by Crippen LogP contribution is -2.01. The van der Waals surface area contributed by atoms with Crippen LogP contribution in [0.25, 0.3) is 0 Å². The predicted octanol–water partition coefficient (Wildman–Crippen LogP) is 2.70. The second-order valence-electron chi connectivity index (χ2n) is 3.79. The number of halogens is 1. The highest BCUT2D eigenvalue weighted by atomic mass is 35.5.